The quantitative estimate of drug-likeness (QED) is 0.487. The zero-order chi connectivity index (χ0) is 23.3. The molecule has 0 spiro atoms. The zero-order valence-corrected chi connectivity index (χ0v) is 21.6. The molecule has 0 atom stereocenters. The number of nitrogens with zero attached hydrogens (tertiary/aromatic N) is 4. The minimum absolute atomic E-state index is 0.0207. The van der Waals surface area contributed by atoms with E-state index in [1.165, 1.54) is 12.8 Å². The van der Waals surface area contributed by atoms with E-state index in [0.29, 0.717) is 0 Å². The molecule has 1 radical (unpaired) electrons. The van der Waals surface area contributed by atoms with E-state index in [1.54, 1.807) is 6.92 Å². The van der Waals surface area contributed by atoms with Gasteiger partial charge in [0.05, 0.1) is 0 Å². The van der Waals surface area contributed by atoms with Crippen LogP contribution in [0.5, 0.6) is 0 Å². The van der Waals surface area contributed by atoms with E-state index in [2.05, 4.69) is 15.3 Å². The Bertz CT molecular complexity index is 1230. The number of hydrogen-bond acceptors (Lipinski definition) is 5. The van der Waals surface area contributed by atoms with Crippen LogP contribution in [0.2, 0.25) is 4.71 Å². The van der Waals surface area contributed by atoms with E-state index in [4.69, 9.17) is 15.0 Å². The van der Waals surface area contributed by atoms with Gasteiger partial charge in [-0.3, -0.25) is 4.79 Å². The summed E-state index contributed by atoms with van der Waals surface area (Å²) in [7, 11) is 0. The number of carbonyl (C=O) groups excluding carboxylic acids is 1. The molecule has 4 saturated carbocycles. The number of pyridine rings is 1. The van der Waals surface area contributed by atoms with E-state index in [0.717, 1.165) is 82.1 Å². The van der Waals surface area contributed by atoms with Gasteiger partial charge in [-0.2, -0.15) is 0 Å². The predicted molar refractivity (Wildman–Crippen MR) is 132 cm³/mol. The molecule has 175 valence electrons. The number of amides is 1. The van der Waals surface area contributed by atoms with Crippen LogP contribution in [0.3, 0.4) is 0 Å². The van der Waals surface area contributed by atoms with Crippen LogP contribution in [0.15, 0.2) is 30.5 Å². The van der Waals surface area contributed by atoms with Crippen LogP contribution >= 0.6 is 0 Å². The summed E-state index contributed by atoms with van der Waals surface area (Å²) in [5.41, 5.74) is 4.59. The summed E-state index contributed by atoms with van der Waals surface area (Å²) in [6.45, 7) is 3.65. The van der Waals surface area contributed by atoms with Gasteiger partial charge >= 0.3 is 195 Å². The van der Waals surface area contributed by atoms with Gasteiger partial charge in [0, 0.05) is 6.92 Å². The number of hydrogen-bond donors (Lipinski definition) is 2. The molecule has 7 rings (SSSR count). The summed E-state index contributed by atoms with van der Waals surface area (Å²) in [5.74, 6) is 1.13. The molecule has 0 unspecified atom stereocenters. The van der Waals surface area contributed by atoms with Crippen molar-refractivity contribution in [1.82, 2.24) is 30.2 Å². The maximum atomic E-state index is 11.8. The van der Waals surface area contributed by atoms with Crippen LogP contribution < -0.4 is 9.93 Å². The Kier molecular flexibility index (Phi) is 5.36. The molecule has 3 aromatic rings. The second-order valence-corrected chi connectivity index (χ2v) is 13.2. The molecular weight excluding hydrogens is 487 g/mol. The first-order valence-corrected chi connectivity index (χ1v) is 14.3. The number of imidazole rings is 1. The molecule has 1 amide bonds. The molecule has 3 aromatic heterocycles. The molecule has 0 aliphatic heterocycles. The van der Waals surface area contributed by atoms with Crippen molar-refractivity contribution in [2.45, 2.75) is 80.9 Å². The number of aryl methyl sites for hydroxylation is 1. The SMILES string of the molecule is CC(=O)NC12CCC(c3nc(-c4cccc(C)n4)c(-c4ccnc([As]C5CC5)n4)[nH]3)(CC1)CC2. The molecule has 2 N–H and O–H groups in total. The van der Waals surface area contributed by atoms with Crippen molar-refractivity contribution >= 4 is 26.3 Å². The second-order valence-electron chi connectivity index (χ2n) is 10.3. The first-order chi connectivity index (χ1) is 16.4. The third kappa shape index (κ3) is 4.08. The van der Waals surface area contributed by atoms with Crippen molar-refractivity contribution in [3.8, 4) is 22.8 Å². The Morgan fingerprint density at radius 3 is 2.47 bits per heavy atom. The van der Waals surface area contributed by atoms with Crippen LogP contribution in [0.25, 0.3) is 22.8 Å². The van der Waals surface area contributed by atoms with Gasteiger partial charge in [0.15, 0.2) is 0 Å². The van der Waals surface area contributed by atoms with E-state index in [-0.39, 0.29) is 32.6 Å². The van der Waals surface area contributed by atoms with Crippen molar-refractivity contribution in [3.63, 3.8) is 0 Å². The molecule has 0 aromatic carbocycles. The summed E-state index contributed by atoms with van der Waals surface area (Å²) in [6.07, 6.45) is 10.6. The maximum absolute atomic E-state index is 11.8. The number of aromatic nitrogens is 5. The van der Waals surface area contributed by atoms with Crippen molar-refractivity contribution in [2.75, 3.05) is 0 Å². The Morgan fingerprint density at radius 2 is 1.79 bits per heavy atom. The van der Waals surface area contributed by atoms with Crippen LogP contribution in [0.1, 0.15) is 69.8 Å². The van der Waals surface area contributed by atoms with Gasteiger partial charge in [-0.15, -0.1) is 0 Å². The van der Waals surface area contributed by atoms with Gasteiger partial charge in [0.25, 0.3) is 0 Å². The van der Waals surface area contributed by atoms with Gasteiger partial charge in [-0.1, -0.05) is 0 Å². The summed E-state index contributed by atoms with van der Waals surface area (Å²) in [6, 6.07) is 8.09. The average molecular weight is 517 g/mol. The number of rotatable bonds is 6. The first kappa shape index (κ1) is 22.0. The van der Waals surface area contributed by atoms with E-state index < -0.39 is 0 Å². The fourth-order valence-corrected chi connectivity index (χ4v) is 7.86. The normalized spacial score (nSPS) is 26.3. The number of carbonyl (C=O) groups is 1. The molecule has 3 heterocycles. The summed E-state index contributed by atoms with van der Waals surface area (Å²) in [4.78, 5) is 35.1. The van der Waals surface area contributed by atoms with Gasteiger partial charge in [-0.25, -0.2) is 0 Å². The number of aromatic amines is 1. The van der Waals surface area contributed by atoms with Gasteiger partial charge < -0.3 is 0 Å². The Hall–Kier alpha value is -2.53. The monoisotopic (exact) mass is 517 g/mol. The molecule has 0 saturated heterocycles. The Balaban J connectivity index is 1.39. The fraction of sp³-hybridized carbons (Fsp3) is 0.500. The summed E-state index contributed by atoms with van der Waals surface area (Å²) in [5, 5.41) is 3.26. The molecule has 7 nitrogen and oxygen atoms in total. The summed E-state index contributed by atoms with van der Waals surface area (Å²) < 4.78 is 1.83. The molecular formula is C26H30AsN6O. The van der Waals surface area contributed by atoms with Crippen molar-refractivity contribution in [2.24, 2.45) is 0 Å². The second kappa shape index (κ2) is 8.30. The van der Waals surface area contributed by atoms with Crippen LogP contribution in [0.4, 0.5) is 0 Å². The van der Waals surface area contributed by atoms with Crippen molar-refractivity contribution in [3.05, 3.63) is 42.0 Å². The minimum atomic E-state index is -0.0303. The van der Waals surface area contributed by atoms with Crippen molar-refractivity contribution < 1.29 is 4.79 Å². The zero-order valence-electron chi connectivity index (χ0n) is 19.8. The van der Waals surface area contributed by atoms with E-state index in [1.807, 2.05) is 37.4 Å². The number of H-pyrrole nitrogens is 1. The topological polar surface area (TPSA) is 96.5 Å². The molecule has 4 aliphatic carbocycles. The van der Waals surface area contributed by atoms with Crippen molar-refractivity contribution in [1.29, 1.82) is 0 Å². The third-order valence-corrected chi connectivity index (χ3v) is 10.6. The molecule has 2 bridgehead atoms. The fourth-order valence-electron chi connectivity index (χ4n) is 5.69. The molecule has 4 aliphatic rings. The Morgan fingerprint density at radius 1 is 1.03 bits per heavy atom. The molecule has 4 fully saturated rings. The number of fused-ring (bicyclic) bond motifs is 3. The Labute approximate surface area is 206 Å². The van der Waals surface area contributed by atoms with Gasteiger partial charge in [-0.05, 0) is 0 Å². The standard InChI is InChI=1S/C26H30AsN6O/c1-16-4-3-5-19(29-16)21-22(20-8-15-28-24(30-20)27-18-6-7-18)32-23(31-21)25-9-12-26(13-10-25,14-11-25)33-17(2)34/h3-5,8,15,18H,6-7,9-14H2,1-2H3,(H,31,32)(H,33,34). The van der Waals surface area contributed by atoms with Crippen LogP contribution in [0, 0.1) is 6.92 Å². The first-order valence-electron chi connectivity index (χ1n) is 12.3. The van der Waals surface area contributed by atoms with Crippen LogP contribution in [-0.4, -0.2) is 52.1 Å². The van der Waals surface area contributed by atoms with E-state index >= 15 is 0 Å². The van der Waals surface area contributed by atoms with Crippen LogP contribution in [-0.2, 0) is 10.2 Å². The molecule has 8 heteroatoms. The van der Waals surface area contributed by atoms with Gasteiger partial charge in [0.1, 0.15) is 0 Å². The molecule has 34 heavy (non-hydrogen) atoms. The average Bonchev–Trinajstić information content (AvgIpc) is 3.52. The third-order valence-electron chi connectivity index (χ3n) is 7.77. The predicted octanol–water partition coefficient (Wildman–Crippen LogP) is 3.63. The summed E-state index contributed by atoms with van der Waals surface area (Å²) >= 11 is 0.0254. The van der Waals surface area contributed by atoms with E-state index in [9.17, 15) is 4.79 Å². The van der Waals surface area contributed by atoms with Gasteiger partial charge in [0.2, 0.25) is 0 Å². The number of nitrogens with one attached hydrogen (secondary N) is 2.